The fourth-order valence-electron chi connectivity index (χ4n) is 2.99. The van der Waals surface area contributed by atoms with E-state index in [1.807, 2.05) is 47.4 Å². The Morgan fingerprint density at radius 3 is 2.70 bits per heavy atom. The standard InChI is InChI=1S/C19H21NO2S/c1-14-11-16-5-3-4-6-18(16)20(14)19(21)13-23-12-15-7-9-17(22-2)10-8-15/h3-10,14H,11-13H2,1-2H3/t14-/m1/s1. The zero-order valence-electron chi connectivity index (χ0n) is 13.5. The summed E-state index contributed by atoms with van der Waals surface area (Å²) in [5.41, 5.74) is 3.56. The maximum Gasteiger partial charge on any atom is 0.237 e. The number of thioether (sulfide) groups is 1. The summed E-state index contributed by atoms with van der Waals surface area (Å²) in [4.78, 5) is 14.5. The van der Waals surface area contributed by atoms with E-state index in [0.717, 1.165) is 23.6 Å². The number of carbonyl (C=O) groups excluding carboxylic acids is 1. The van der Waals surface area contributed by atoms with Crippen LogP contribution in [-0.4, -0.2) is 24.8 Å². The molecule has 1 aliphatic heterocycles. The van der Waals surface area contributed by atoms with Gasteiger partial charge in [0.2, 0.25) is 5.91 Å². The van der Waals surface area contributed by atoms with Crippen molar-refractivity contribution in [3.05, 3.63) is 59.7 Å². The van der Waals surface area contributed by atoms with Crippen molar-refractivity contribution in [3.8, 4) is 5.75 Å². The summed E-state index contributed by atoms with van der Waals surface area (Å²) in [5.74, 6) is 2.39. The average molecular weight is 327 g/mol. The molecular formula is C19H21NO2S. The van der Waals surface area contributed by atoms with Crippen LogP contribution in [0.3, 0.4) is 0 Å². The van der Waals surface area contributed by atoms with E-state index in [4.69, 9.17) is 4.74 Å². The summed E-state index contributed by atoms with van der Waals surface area (Å²) >= 11 is 1.66. The van der Waals surface area contributed by atoms with Crippen LogP contribution in [0.5, 0.6) is 5.75 Å². The number of hydrogen-bond donors (Lipinski definition) is 0. The van der Waals surface area contributed by atoms with Crippen molar-refractivity contribution in [3.63, 3.8) is 0 Å². The first-order chi connectivity index (χ1) is 11.2. The molecular weight excluding hydrogens is 306 g/mol. The highest BCUT2D eigenvalue weighted by atomic mass is 32.2. The molecule has 1 heterocycles. The highest BCUT2D eigenvalue weighted by Gasteiger charge is 2.30. The van der Waals surface area contributed by atoms with Crippen LogP contribution >= 0.6 is 11.8 Å². The molecule has 0 N–H and O–H groups in total. The van der Waals surface area contributed by atoms with Crippen molar-refractivity contribution in [1.29, 1.82) is 0 Å². The van der Waals surface area contributed by atoms with Crippen molar-refractivity contribution in [2.24, 2.45) is 0 Å². The highest BCUT2D eigenvalue weighted by Crippen LogP contribution is 2.32. The molecule has 0 bridgehead atoms. The summed E-state index contributed by atoms with van der Waals surface area (Å²) in [6, 6.07) is 16.5. The quantitative estimate of drug-likeness (QED) is 0.834. The van der Waals surface area contributed by atoms with Gasteiger partial charge in [-0.25, -0.2) is 0 Å². The fourth-order valence-corrected chi connectivity index (χ4v) is 3.84. The zero-order valence-corrected chi connectivity index (χ0v) is 14.3. The molecule has 3 nitrogen and oxygen atoms in total. The average Bonchev–Trinajstić information content (AvgIpc) is 2.91. The Bertz CT molecular complexity index is 684. The second-order valence-corrected chi connectivity index (χ2v) is 6.77. The fraction of sp³-hybridized carbons (Fsp3) is 0.316. The molecule has 0 saturated heterocycles. The number of carbonyl (C=O) groups is 1. The Balaban J connectivity index is 1.57. The third-order valence-corrected chi connectivity index (χ3v) is 5.12. The van der Waals surface area contributed by atoms with Gasteiger partial charge >= 0.3 is 0 Å². The van der Waals surface area contributed by atoms with E-state index >= 15 is 0 Å². The molecule has 0 fully saturated rings. The van der Waals surface area contributed by atoms with Crippen molar-refractivity contribution in [1.82, 2.24) is 0 Å². The minimum Gasteiger partial charge on any atom is -0.497 e. The van der Waals surface area contributed by atoms with Crippen LogP contribution in [0.1, 0.15) is 18.1 Å². The molecule has 1 aliphatic rings. The van der Waals surface area contributed by atoms with Crippen molar-refractivity contribution < 1.29 is 9.53 Å². The van der Waals surface area contributed by atoms with Gasteiger partial charge in [-0.1, -0.05) is 30.3 Å². The van der Waals surface area contributed by atoms with Gasteiger partial charge in [-0.3, -0.25) is 4.79 Å². The summed E-state index contributed by atoms with van der Waals surface area (Å²) in [6.45, 7) is 2.12. The second kappa shape index (κ2) is 7.09. The first-order valence-electron chi connectivity index (χ1n) is 7.79. The third kappa shape index (κ3) is 3.53. The van der Waals surface area contributed by atoms with Crippen molar-refractivity contribution >= 4 is 23.4 Å². The van der Waals surface area contributed by atoms with Gasteiger partial charge in [0.05, 0.1) is 12.9 Å². The van der Waals surface area contributed by atoms with Crippen LogP contribution in [0.25, 0.3) is 0 Å². The number of rotatable bonds is 5. The Morgan fingerprint density at radius 2 is 1.96 bits per heavy atom. The predicted octanol–water partition coefficient (Wildman–Crippen LogP) is 3.91. The monoisotopic (exact) mass is 327 g/mol. The number of anilines is 1. The summed E-state index contributed by atoms with van der Waals surface area (Å²) in [7, 11) is 1.66. The highest BCUT2D eigenvalue weighted by molar-refractivity contribution is 7.99. The Kier molecular flexibility index (Phi) is 4.91. The Labute approximate surface area is 141 Å². The topological polar surface area (TPSA) is 29.5 Å². The summed E-state index contributed by atoms with van der Waals surface area (Å²) in [5, 5.41) is 0. The number of amides is 1. The van der Waals surface area contributed by atoms with E-state index < -0.39 is 0 Å². The van der Waals surface area contributed by atoms with E-state index in [-0.39, 0.29) is 11.9 Å². The van der Waals surface area contributed by atoms with Crippen LogP contribution in [0, 0.1) is 0 Å². The van der Waals surface area contributed by atoms with E-state index in [9.17, 15) is 4.79 Å². The van der Waals surface area contributed by atoms with Crippen LogP contribution in [0.4, 0.5) is 5.69 Å². The molecule has 0 saturated carbocycles. The molecule has 2 aromatic rings. The number of ether oxygens (including phenoxy) is 1. The van der Waals surface area contributed by atoms with Crippen LogP contribution in [0.2, 0.25) is 0 Å². The summed E-state index contributed by atoms with van der Waals surface area (Å²) in [6.07, 6.45) is 0.949. The molecule has 4 heteroatoms. The number of methoxy groups -OCH3 is 1. The maximum atomic E-state index is 12.6. The number of benzene rings is 2. The zero-order chi connectivity index (χ0) is 16.2. The van der Waals surface area contributed by atoms with Gasteiger partial charge in [-0.05, 0) is 42.7 Å². The van der Waals surface area contributed by atoms with Crippen molar-refractivity contribution in [2.75, 3.05) is 17.8 Å². The van der Waals surface area contributed by atoms with E-state index in [1.165, 1.54) is 11.1 Å². The van der Waals surface area contributed by atoms with Crippen molar-refractivity contribution in [2.45, 2.75) is 25.1 Å². The third-order valence-electron chi connectivity index (χ3n) is 4.13. The lowest BCUT2D eigenvalue weighted by Crippen LogP contribution is -2.37. The van der Waals surface area contributed by atoms with Gasteiger partial charge in [0.1, 0.15) is 5.75 Å². The maximum absolute atomic E-state index is 12.6. The lowest BCUT2D eigenvalue weighted by atomic mass is 10.1. The molecule has 3 rings (SSSR count). The second-order valence-electron chi connectivity index (χ2n) is 5.79. The lowest BCUT2D eigenvalue weighted by molar-refractivity contribution is -0.116. The molecule has 2 aromatic carbocycles. The van der Waals surface area contributed by atoms with Crippen LogP contribution < -0.4 is 9.64 Å². The molecule has 0 aromatic heterocycles. The number of hydrogen-bond acceptors (Lipinski definition) is 3. The first-order valence-corrected chi connectivity index (χ1v) is 8.95. The molecule has 0 unspecified atom stereocenters. The minimum atomic E-state index is 0.195. The predicted molar refractivity (Wildman–Crippen MR) is 96.3 cm³/mol. The number of para-hydroxylation sites is 1. The van der Waals surface area contributed by atoms with Gasteiger partial charge in [-0.2, -0.15) is 0 Å². The first kappa shape index (κ1) is 15.9. The minimum absolute atomic E-state index is 0.195. The van der Waals surface area contributed by atoms with Gasteiger partial charge < -0.3 is 9.64 Å². The molecule has 23 heavy (non-hydrogen) atoms. The normalized spacial score (nSPS) is 16.3. The number of nitrogens with zero attached hydrogens (tertiary/aromatic N) is 1. The molecule has 0 aliphatic carbocycles. The van der Waals surface area contributed by atoms with E-state index in [1.54, 1.807) is 18.9 Å². The molecule has 0 radical (unpaired) electrons. The van der Waals surface area contributed by atoms with E-state index in [2.05, 4.69) is 13.0 Å². The molecule has 0 spiro atoms. The van der Waals surface area contributed by atoms with Gasteiger partial charge in [0, 0.05) is 17.5 Å². The van der Waals surface area contributed by atoms with E-state index in [0.29, 0.717) is 5.75 Å². The Morgan fingerprint density at radius 1 is 1.22 bits per heavy atom. The molecule has 1 amide bonds. The van der Waals surface area contributed by atoms with Crippen LogP contribution in [-0.2, 0) is 17.0 Å². The smallest absolute Gasteiger partial charge is 0.237 e. The van der Waals surface area contributed by atoms with Gasteiger partial charge in [0.15, 0.2) is 0 Å². The lowest BCUT2D eigenvalue weighted by Gasteiger charge is -2.22. The largest absolute Gasteiger partial charge is 0.497 e. The summed E-state index contributed by atoms with van der Waals surface area (Å²) < 4.78 is 5.16. The van der Waals surface area contributed by atoms with Gasteiger partial charge in [0.25, 0.3) is 0 Å². The molecule has 120 valence electrons. The Hall–Kier alpha value is -1.94. The molecule has 1 atom stereocenters. The van der Waals surface area contributed by atoms with Crippen LogP contribution in [0.15, 0.2) is 48.5 Å². The SMILES string of the molecule is COc1ccc(CSCC(=O)N2c3ccccc3C[C@H]2C)cc1. The number of fused-ring (bicyclic) bond motifs is 1. The van der Waals surface area contributed by atoms with Gasteiger partial charge in [-0.15, -0.1) is 11.8 Å².